The van der Waals surface area contributed by atoms with E-state index in [1.54, 1.807) is 7.11 Å². The molecule has 0 N–H and O–H groups in total. The summed E-state index contributed by atoms with van der Waals surface area (Å²) < 4.78 is 11.1. The van der Waals surface area contributed by atoms with Gasteiger partial charge in [0.25, 0.3) is 0 Å². The van der Waals surface area contributed by atoms with Crippen molar-refractivity contribution in [2.24, 2.45) is 0 Å². The summed E-state index contributed by atoms with van der Waals surface area (Å²) in [6.45, 7) is 7.46. The summed E-state index contributed by atoms with van der Waals surface area (Å²) in [4.78, 5) is 0. The van der Waals surface area contributed by atoms with E-state index in [-0.39, 0.29) is 6.10 Å². The topological polar surface area (TPSA) is 18.5 Å². The number of rotatable bonds is 9. The Hall–Kier alpha value is -1.12. The Morgan fingerprint density at radius 3 is 2.83 bits per heavy atom. The number of hydrogen-bond acceptors (Lipinski definition) is 2. The maximum Gasteiger partial charge on any atom is 0.0843 e. The largest absolute Gasteiger partial charge is 0.381 e. The van der Waals surface area contributed by atoms with Crippen LogP contribution in [0.5, 0.6) is 0 Å². The normalized spacial score (nSPS) is 12.3. The minimum absolute atomic E-state index is 0.117. The van der Waals surface area contributed by atoms with Crippen LogP contribution in [0.3, 0.4) is 0 Å². The molecule has 18 heavy (non-hydrogen) atoms. The van der Waals surface area contributed by atoms with Gasteiger partial charge in [0.1, 0.15) is 0 Å². The molecule has 2 nitrogen and oxygen atoms in total. The molecule has 0 aliphatic carbocycles. The Morgan fingerprint density at radius 2 is 2.17 bits per heavy atom. The molecule has 1 unspecified atom stereocenters. The van der Waals surface area contributed by atoms with Crippen molar-refractivity contribution in [1.82, 2.24) is 0 Å². The van der Waals surface area contributed by atoms with Gasteiger partial charge in [-0.1, -0.05) is 37.3 Å². The van der Waals surface area contributed by atoms with Crippen molar-refractivity contribution >= 4 is 0 Å². The zero-order valence-corrected chi connectivity index (χ0v) is 11.5. The van der Waals surface area contributed by atoms with Crippen LogP contribution in [0, 0.1) is 0 Å². The molecule has 1 aromatic rings. The van der Waals surface area contributed by atoms with Gasteiger partial charge in [0.15, 0.2) is 0 Å². The van der Waals surface area contributed by atoms with E-state index in [0.717, 1.165) is 32.5 Å². The molecular weight excluding hydrogens is 224 g/mol. The number of hydrogen-bond donors (Lipinski definition) is 0. The first-order valence-electron chi connectivity index (χ1n) is 6.62. The summed E-state index contributed by atoms with van der Waals surface area (Å²) in [5.41, 5.74) is 2.50. The second kappa shape index (κ2) is 8.90. The summed E-state index contributed by atoms with van der Waals surface area (Å²) in [5, 5.41) is 0. The van der Waals surface area contributed by atoms with Crippen LogP contribution in [0.4, 0.5) is 0 Å². The monoisotopic (exact) mass is 248 g/mol. The zero-order chi connectivity index (χ0) is 13.2. The molecule has 0 saturated heterocycles. The van der Waals surface area contributed by atoms with Crippen molar-refractivity contribution < 1.29 is 9.47 Å². The molecule has 2 heteroatoms. The second-order valence-electron chi connectivity index (χ2n) is 4.36. The van der Waals surface area contributed by atoms with E-state index in [9.17, 15) is 0 Å². The molecule has 0 heterocycles. The molecule has 0 amide bonds. The van der Waals surface area contributed by atoms with Gasteiger partial charge in [-0.05, 0) is 24.0 Å². The van der Waals surface area contributed by atoms with Gasteiger partial charge in [-0.3, -0.25) is 0 Å². The predicted octanol–water partition coefficient (Wildman–Crippen LogP) is 3.92. The van der Waals surface area contributed by atoms with Crippen molar-refractivity contribution in [2.75, 3.05) is 20.3 Å². The van der Waals surface area contributed by atoms with E-state index >= 15 is 0 Å². The molecule has 0 aliphatic rings. The van der Waals surface area contributed by atoms with Crippen LogP contribution in [-0.2, 0) is 15.9 Å². The summed E-state index contributed by atoms with van der Waals surface area (Å²) >= 11 is 0. The molecule has 0 saturated carbocycles. The fourth-order valence-corrected chi connectivity index (χ4v) is 1.94. The van der Waals surface area contributed by atoms with Gasteiger partial charge in [0.05, 0.1) is 6.10 Å². The zero-order valence-electron chi connectivity index (χ0n) is 11.5. The Kier molecular flexibility index (Phi) is 7.38. The van der Waals surface area contributed by atoms with Crippen LogP contribution in [0.25, 0.3) is 0 Å². The van der Waals surface area contributed by atoms with Crippen LogP contribution in [-0.4, -0.2) is 20.3 Å². The molecule has 0 fully saturated rings. The van der Waals surface area contributed by atoms with E-state index in [0.29, 0.717) is 0 Å². The van der Waals surface area contributed by atoms with Gasteiger partial charge in [-0.15, -0.1) is 6.58 Å². The van der Waals surface area contributed by atoms with Crippen molar-refractivity contribution in [3.63, 3.8) is 0 Å². The number of allylic oxidation sites excluding steroid dienone is 1. The van der Waals surface area contributed by atoms with E-state index in [4.69, 9.17) is 9.47 Å². The van der Waals surface area contributed by atoms with Crippen molar-refractivity contribution in [2.45, 2.75) is 32.3 Å². The van der Waals surface area contributed by atoms with Crippen LogP contribution in [0.15, 0.2) is 36.9 Å². The van der Waals surface area contributed by atoms with Crippen LogP contribution >= 0.6 is 0 Å². The Balaban J connectivity index is 2.57. The molecular formula is C16H24O2. The fourth-order valence-electron chi connectivity index (χ4n) is 1.94. The first-order chi connectivity index (χ1) is 8.81. The quantitative estimate of drug-likeness (QED) is 0.487. The Labute approximate surface area is 111 Å². The standard InChI is InChI=1S/C16H24O2/c1-4-7-14-8-6-9-15(13-14)16(17-3)10-12-18-11-5-2/h4,6,8-9,13,16H,1,5,7,10-12H2,2-3H3. The number of ether oxygens (including phenoxy) is 2. The minimum Gasteiger partial charge on any atom is -0.381 e. The van der Waals surface area contributed by atoms with Crippen LogP contribution in [0.2, 0.25) is 0 Å². The highest BCUT2D eigenvalue weighted by Gasteiger charge is 2.10. The number of methoxy groups -OCH3 is 1. The summed E-state index contributed by atoms with van der Waals surface area (Å²) in [6, 6.07) is 8.49. The van der Waals surface area contributed by atoms with Gasteiger partial charge in [0.2, 0.25) is 0 Å². The molecule has 1 aromatic carbocycles. The van der Waals surface area contributed by atoms with Gasteiger partial charge < -0.3 is 9.47 Å². The van der Waals surface area contributed by atoms with Gasteiger partial charge >= 0.3 is 0 Å². The Bertz CT molecular complexity index is 347. The summed E-state index contributed by atoms with van der Waals surface area (Å²) in [7, 11) is 1.75. The van der Waals surface area contributed by atoms with E-state index in [1.165, 1.54) is 11.1 Å². The first-order valence-corrected chi connectivity index (χ1v) is 6.62. The van der Waals surface area contributed by atoms with Crippen molar-refractivity contribution in [1.29, 1.82) is 0 Å². The molecule has 0 aliphatic heterocycles. The summed E-state index contributed by atoms with van der Waals surface area (Å²) in [6.07, 6.45) is 4.90. The van der Waals surface area contributed by atoms with Gasteiger partial charge in [0, 0.05) is 26.7 Å². The lowest BCUT2D eigenvalue weighted by Crippen LogP contribution is -2.07. The first kappa shape index (κ1) is 14.9. The maximum atomic E-state index is 5.54. The highest BCUT2D eigenvalue weighted by atomic mass is 16.5. The molecule has 1 atom stereocenters. The average molecular weight is 248 g/mol. The Morgan fingerprint density at radius 1 is 1.33 bits per heavy atom. The third-order valence-corrected chi connectivity index (χ3v) is 2.86. The highest BCUT2D eigenvalue weighted by molar-refractivity contribution is 5.26. The maximum absolute atomic E-state index is 5.54. The van der Waals surface area contributed by atoms with Gasteiger partial charge in [-0.25, -0.2) is 0 Å². The van der Waals surface area contributed by atoms with Gasteiger partial charge in [-0.2, -0.15) is 0 Å². The van der Waals surface area contributed by atoms with Crippen molar-refractivity contribution in [3.8, 4) is 0 Å². The lowest BCUT2D eigenvalue weighted by atomic mass is 10.0. The minimum atomic E-state index is 0.117. The second-order valence-corrected chi connectivity index (χ2v) is 4.36. The lowest BCUT2D eigenvalue weighted by molar-refractivity contribution is 0.0514. The molecule has 1 rings (SSSR count). The fraction of sp³-hybridized carbons (Fsp3) is 0.500. The average Bonchev–Trinajstić information content (AvgIpc) is 2.40. The van der Waals surface area contributed by atoms with Crippen LogP contribution < -0.4 is 0 Å². The highest BCUT2D eigenvalue weighted by Crippen LogP contribution is 2.21. The molecule has 0 bridgehead atoms. The SMILES string of the molecule is C=CCc1cccc(C(CCOCCC)OC)c1. The molecule has 0 aromatic heterocycles. The lowest BCUT2D eigenvalue weighted by Gasteiger charge is -2.16. The molecule has 0 radical (unpaired) electrons. The summed E-state index contributed by atoms with van der Waals surface area (Å²) in [5.74, 6) is 0. The third-order valence-electron chi connectivity index (χ3n) is 2.86. The molecule has 100 valence electrons. The predicted molar refractivity (Wildman–Crippen MR) is 75.8 cm³/mol. The van der Waals surface area contributed by atoms with E-state index in [2.05, 4.69) is 37.8 Å². The number of benzene rings is 1. The van der Waals surface area contributed by atoms with E-state index < -0.39 is 0 Å². The molecule has 0 spiro atoms. The van der Waals surface area contributed by atoms with Crippen LogP contribution in [0.1, 0.15) is 37.0 Å². The third kappa shape index (κ3) is 5.03. The smallest absolute Gasteiger partial charge is 0.0843 e. The van der Waals surface area contributed by atoms with Crippen molar-refractivity contribution in [3.05, 3.63) is 48.0 Å². The van der Waals surface area contributed by atoms with E-state index in [1.807, 2.05) is 6.08 Å².